The van der Waals surface area contributed by atoms with Gasteiger partial charge in [-0.25, -0.2) is 13.1 Å². The van der Waals surface area contributed by atoms with Crippen LogP contribution in [0.1, 0.15) is 15.9 Å². The Bertz CT molecular complexity index is 577. The molecule has 19 heavy (non-hydrogen) atoms. The number of allylic oxidation sites excluding steroid dienone is 1. The van der Waals surface area contributed by atoms with E-state index in [-0.39, 0.29) is 11.5 Å². The summed E-state index contributed by atoms with van der Waals surface area (Å²) in [6, 6.07) is 6.62. The lowest BCUT2D eigenvalue weighted by atomic mass is 10.1. The number of benzene rings is 1. The van der Waals surface area contributed by atoms with E-state index in [2.05, 4.69) is 4.72 Å². The Kier molecular flexibility index (Phi) is 5.26. The number of hydrogen-bond donors (Lipinski definition) is 1. The second-order valence-electron chi connectivity index (χ2n) is 4.31. The lowest BCUT2D eigenvalue weighted by molar-refractivity contribution is 0.104. The highest BCUT2D eigenvalue weighted by Crippen LogP contribution is 2.10. The number of sulfonamides is 1. The van der Waals surface area contributed by atoms with E-state index in [0.717, 1.165) is 0 Å². The topological polar surface area (TPSA) is 66.5 Å². The number of rotatable bonds is 6. The fourth-order valence-corrected chi connectivity index (χ4v) is 2.18. The molecule has 0 aliphatic heterocycles. The highest BCUT2D eigenvalue weighted by Gasteiger charge is 2.10. The summed E-state index contributed by atoms with van der Waals surface area (Å²) in [5.74, 6) is -0.292. The van der Waals surface area contributed by atoms with Crippen molar-refractivity contribution in [2.75, 3.05) is 21.1 Å². The second kappa shape index (κ2) is 6.49. The predicted molar refractivity (Wildman–Crippen MR) is 75.3 cm³/mol. The van der Waals surface area contributed by atoms with Crippen molar-refractivity contribution < 1.29 is 13.2 Å². The molecular formula is C13H18N2O3S. The van der Waals surface area contributed by atoms with Gasteiger partial charge in [0, 0.05) is 31.9 Å². The van der Waals surface area contributed by atoms with Gasteiger partial charge in [-0.1, -0.05) is 18.2 Å². The lowest BCUT2D eigenvalue weighted by Crippen LogP contribution is -2.20. The normalized spacial score (nSPS) is 11.7. The van der Waals surface area contributed by atoms with Crippen LogP contribution in [-0.2, 0) is 15.8 Å². The molecule has 0 unspecified atom stereocenters. The van der Waals surface area contributed by atoms with Crippen LogP contribution in [0.2, 0.25) is 0 Å². The molecule has 0 aliphatic rings. The van der Waals surface area contributed by atoms with Crippen LogP contribution in [0.3, 0.4) is 0 Å². The summed E-state index contributed by atoms with van der Waals surface area (Å²) in [7, 11) is 1.68. The Labute approximate surface area is 114 Å². The smallest absolute Gasteiger partial charge is 0.215 e. The van der Waals surface area contributed by atoms with Crippen molar-refractivity contribution >= 4 is 15.8 Å². The van der Waals surface area contributed by atoms with Crippen LogP contribution in [0, 0.1) is 0 Å². The summed E-state index contributed by atoms with van der Waals surface area (Å²) in [5, 5.41) is 0. The molecule has 0 heterocycles. The van der Waals surface area contributed by atoms with Gasteiger partial charge < -0.3 is 4.90 Å². The average Bonchev–Trinajstić information content (AvgIpc) is 2.35. The molecule has 1 aromatic carbocycles. The van der Waals surface area contributed by atoms with Gasteiger partial charge in [-0.3, -0.25) is 4.79 Å². The molecule has 1 aromatic rings. The van der Waals surface area contributed by atoms with Gasteiger partial charge in [0.1, 0.15) is 0 Å². The molecule has 0 saturated carbocycles. The summed E-state index contributed by atoms with van der Waals surface area (Å²) in [6.45, 7) is 0. The SMILES string of the molecule is CNS(=O)(=O)Cc1cccc(C(=O)C=CN(C)C)c1. The molecule has 0 radical (unpaired) electrons. The molecule has 0 saturated heterocycles. The first-order chi connectivity index (χ1) is 8.84. The Hall–Kier alpha value is -1.66. The van der Waals surface area contributed by atoms with Crippen molar-refractivity contribution in [3.05, 3.63) is 47.7 Å². The zero-order valence-electron chi connectivity index (χ0n) is 11.3. The van der Waals surface area contributed by atoms with Crippen LogP contribution < -0.4 is 4.72 Å². The molecule has 1 rings (SSSR count). The number of carbonyl (C=O) groups is 1. The van der Waals surface area contributed by atoms with Crippen LogP contribution in [-0.4, -0.2) is 40.2 Å². The quantitative estimate of drug-likeness (QED) is 0.624. The Morgan fingerprint density at radius 3 is 2.63 bits per heavy atom. The molecule has 0 aromatic heterocycles. The third kappa shape index (κ3) is 5.23. The monoisotopic (exact) mass is 282 g/mol. The molecule has 1 N–H and O–H groups in total. The van der Waals surface area contributed by atoms with Crippen LogP contribution in [0.4, 0.5) is 0 Å². The third-order valence-electron chi connectivity index (χ3n) is 2.40. The number of nitrogens with one attached hydrogen (secondary N) is 1. The molecule has 0 aliphatic carbocycles. The van der Waals surface area contributed by atoms with E-state index in [1.165, 1.54) is 13.1 Å². The predicted octanol–water partition coefficient (Wildman–Crippen LogP) is 0.994. The van der Waals surface area contributed by atoms with E-state index in [0.29, 0.717) is 11.1 Å². The van der Waals surface area contributed by atoms with Crippen LogP contribution in [0.15, 0.2) is 36.5 Å². The van der Waals surface area contributed by atoms with Crippen molar-refractivity contribution in [3.8, 4) is 0 Å². The highest BCUT2D eigenvalue weighted by molar-refractivity contribution is 7.88. The highest BCUT2D eigenvalue weighted by atomic mass is 32.2. The van der Waals surface area contributed by atoms with Gasteiger partial charge in [0.05, 0.1) is 5.75 Å². The standard InChI is InChI=1S/C13H18N2O3S/c1-14-19(17,18)10-11-5-4-6-12(9-11)13(16)7-8-15(2)3/h4-9,14H,10H2,1-3H3. The molecule has 0 amide bonds. The Balaban J connectivity index is 2.92. The number of nitrogens with zero attached hydrogens (tertiary/aromatic N) is 1. The average molecular weight is 282 g/mol. The van der Waals surface area contributed by atoms with Gasteiger partial charge in [0.2, 0.25) is 10.0 Å². The first kappa shape index (κ1) is 15.4. The van der Waals surface area contributed by atoms with Gasteiger partial charge in [0.15, 0.2) is 5.78 Å². The fraction of sp³-hybridized carbons (Fsp3) is 0.308. The first-order valence-electron chi connectivity index (χ1n) is 5.73. The molecule has 5 nitrogen and oxygen atoms in total. The first-order valence-corrected chi connectivity index (χ1v) is 7.38. The van der Waals surface area contributed by atoms with Crippen LogP contribution in [0.25, 0.3) is 0 Å². The van der Waals surface area contributed by atoms with E-state index in [9.17, 15) is 13.2 Å². The molecule has 6 heteroatoms. The number of ketones is 1. The molecular weight excluding hydrogens is 264 g/mol. The van der Waals surface area contributed by atoms with Crippen molar-refractivity contribution in [3.63, 3.8) is 0 Å². The van der Waals surface area contributed by atoms with Crippen molar-refractivity contribution in [2.24, 2.45) is 0 Å². The van der Waals surface area contributed by atoms with E-state index in [1.54, 1.807) is 35.4 Å². The summed E-state index contributed by atoms with van der Waals surface area (Å²) in [4.78, 5) is 13.6. The lowest BCUT2D eigenvalue weighted by Gasteiger charge is -2.05. The molecule has 104 valence electrons. The largest absolute Gasteiger partial charge is 0.383 e. The summed E-state index contributed by atoms with van der Waals surface area (Å²) < 4.78 is 25.1. The summed E-state index contributed by atoms with van der Waals surface area (Å²) >= 11 is 0. The maximum atomic E-state index is 11.9. The second-order valence-corrected chi connectivity index (χ2v) is 6.23. The summed E-state index contributed by atoms with van der Waals surface area (Å²) in [6.07, 6.45) is 3.10. The molecule has 0 atom stereocenters. The fourth-order valence-electron chi connectivity index (χ4n) is 1.42. The number of carbonyl (C=O) groups excluding carboxylic acids is 1. The van der Waals surface area contributed by atoms with Gasteiger partial charge in [-0.05, 0) is 18.7 Å². The van der Waals surface area contributed by atoms with Crippen molar-refractivity contribution in [1.29, 1.82) is 0 Å². The van der Waals surface area contributed by atoms with Gasteiger partial charge in [0.25, 0.3) is 0 Å². The molecule has 0 fully saturated rings. The Morgan fingerprint density at radius 1 is 1.37 bits per heavy atom. The van der Waals surface area contributed by atoms with Gasteiger partial charge in [-0.2, -0.15) is 0 Å². The van der Waals surface area contributed by atoms with Crippen molar-refractivity contribution in [1.82, 2.24) is 9.62 Å². The zero-order chi connectivity index (χ0) is 14.5. The minimum Gasteiger partial charge on any atom is -0.383 e. The minimum absolute atomic E-state index is 0.137. The van der Waals surface area contributed by atoms with Gasteiger partial charge in [-0.15, -0.1) is 0 Å². The van der Waals surface area contributed by atoms with Crippen LogP contribution >= 0.6 is 0 Å². The van der Waals surface area contributed by atoms with E-state index in [1.807, 2.05) is 14.1 Å². The third-order valence-corrected chi connectivity index (χ3v) is 3.74. The minimum atomic E-state index is -3.33. The molecule has 0 bridgehead atoms. The maximum Gasteiger partial charge on any atom is 0.215 e. The zero-order valence-corrected chi connectivity index (χ0v) is 12.1. The van der Waals surface area contributed by atoms with E-state index >= 15 is 0 Å². The molecule has 0 spiro atoms. The summed E-state index contributed by atoms with van der Waals surface area (Å²) in [5.41, 5.74) is 1.06. The van der Waals surface area contributed by atoms with Gasteiger partial charge >= 0.3 is 0 Å². The number of hydrogen-bond acceptors (Lipinski definition) is 4. The maximum absolute atomic E-state index is 11.9. The van der Waals surface area contributed by atoms with Crippen molar-refractivity contribution in [2.45, 2.75) is 5.75 Å². The van der Waals surface area contributed by atoms with Crippen LogP contribution in [0.5, 0.6) is 0 Å². The Morgan fingerprint density at radius 2 is 2.05 bits per heavy atom. The van der Waals surface area contributed by atoms with E-state index < -0.39 is 10.0 Å². The van der Waals surface area contributed by atoms with E-state index in [4.69, 9.17) is 0 Å².